The molecule has 2 aliphatic carbocycles. The summed E-state index contributed by atoms with van der Waals surface area (Å²) in [6, 6.07) is 1.56. The van der Waals surface area contributed by atoms with Crippen LogP contribution in [0.2, 0.25) is 0 Å². The van der Waals surface area contributed by atoms with Gasteiger partial charge in [-0.05, 0) is 38.7 Å². The van der Waals surface area contributed by atoms with Crippen LogP contribution in [-0.2, 0) is 25.7 Å². The van der Waals surface area contributed by atoms with Crippen molar-refractivity contribution in [2.45, 2.75) is 55.3 Å². The number of halogens is 3. The number of rotatable bonds is 7. The summed E-state index contributed by atoms with van der Waals surface area (Å²) in [5.41, 5.74) is 0.539. The van der Waals surface area contributed by atoms with Gasteiger partial charge in [0.25, 0.3) is 0 Å². The maximum absolute atomic E-state index is 13.4. The van der Waals surface area contributed by atoms with Gasteiger partial charge in [-0.1, -0.05) is 11.3 Å². The predicted octanol–water partition coefficient (Wildman–Crippen LogP) is 2.78. The number of nitrogens with one attached hydrogen (secondary N) is 1. The lowest BCUT2D eigenvalue weighted by molar-refractivity contribution is -0.143. The smallest absolute Gasteiger partial charge is 0.381 e. The Labute approximate surface area is 232 Å². The molecule has 0 radical (unpaired) electrons. The molecule has 0 aromatic carbocycles. The quantitative estimate of drug-likeness (QED) is 0.440. The number of fused-ring (bicyclic) bond motifs is 1. The van der Waals surface area contributed by atoms with Crippen LogP contribution >= 0.6 is 11.3 Å². The van der Waals surface area contributed by atoms with Gasteiger partial charge in [0.05, 0.1) is 23.5 Å². The molecular weight excluding hydrogens is 571 g/mol. The minimum absolute atomic E-state index is 0.0403. The summed E-state index contributed by atoms with van der Waals surface area (Å²) in [5, 5.41) is 5.74. The van der Waals surface area contributed by atoms with E-state index in [1.165, 1.54) is 16.8 Å². The van der Waals surface area contributed by atoms with Crippen LogP contribution in [0.4, 0.5) is 18.9 Å². The van der Waals surface area contributed by atoms with E-state index in [-0.39, 0.29) is 33.7 Å². The second-order valence-electron chi connectivity index (χ2n) is 10.8. The molecule has 216 valence electrons. The third kappa shape index (κ3) is 5.05. The molecule has 6 rings (SSSR count). The van der Waals surface area contributed by atoms with E-state index < -0.39 is 26.7 Å². The van der Waals surface area contributed by atoms with Gasteiger partial charge >= 0.3 is 6.18 Å². The molecule has 0 unspecified atom stereocenters. The molecule has 3 aliphatic rings. The summed E-state index contributed by atoms with van der Waals surface area (Å²) in [6.45, 7) is 3.64. The first-order valence-corrected chi connectivity index (χ1v) is 15.2. The highest BCUT2D eigenvalue weighted by Gasteiger charge is 2.42. The second kappa shape index (κ2) is 9.63. The summed E-state index contributed by atoms with van der Waals surface area (Å²) >= 11 is 0.340. The maximum Gasteiger partial charge on any atom is 0.445 e. The van der Waals surface area contributed by atoms with Crippen molar-refractivity contribution in [1.82, 2.24) is 29.2 Å². The SMILES string of the molecule is COC1CC(C(=O)N2CCN(c3cc(S(=O)(=O)NC4(C)CC4)cn4c(-c5nnc(C(F)(F)F)s5)ncc34)CC2)C1. The zero-order valence-electron chi connectivity index (χ0n) is 21.8. The highest BCUT2D eigenvalue weighted by Crippen LogP contribution is 2.39. The van der Waals surface area contributed by atoms with Crippen LogP contribution in [0.15, 0.2) is 23.4 Å². The van der Waals surface area contributed by atoms with Gasteiger partial charge in [0.15, 0.2) is 10.8 Å². The van der Waals surface area contributed by atoms with E-state index in [1.807, 2.05) is 16.7 Å². The van der Waals surface area contributed by atoms with Gasteiger partial charge in [0.2, 0.25) is 20.9 Å². The molecule has 11 nitrogen and oxygen atoms in total. The fourth-order valence-electron chi connectivity index (χ4n) is 5.10. The van der Waals surface area contributed by atoms with Crippen LogP contribution in [0.3, 0.4) is 0 Å². The Hall–Kier alpha value is -2.82. The Bertz CT molecular complexity index is 1550. The first-order chi connectivity index (χ1) is 18.9. The first kappa shape index (κ1) is 27.4. The molecule has 40 heavy (non-hydrogen) atoms. The molecule has 1 aliphatic heterocycles. The number of alkyl halides is 3. The Morgan fingerprint density at radius 2 is 1.88 bits per heavy atom. The maximum atomic E-state index is 13.4. The van der Waals surface area contributed by atoms with Crippen molar-refractivity contribution in [1.29, 1.82) is 0 Å². The Morgan fingerprint density at radius 1 is 1.18 bits per heavy atom. The van der Waals surface area contributed by atoms with E-state index in [1.54, 1.807) is 13.2 Å². The van der Waals surface area contributed by atoms with Gasteiger partial charge in [-0.25, -0.2) is 18.1 Å². The fourth-order valence-corrected chi connectivity index (χ4v) is 7.29. The van der Waals surface area contributed by atoms with E-state index in [0.717, 1.165) is 0 Å². The van der Waals surface area contributed by atoms with Gasteiger partial charge < -0.3 is 14.5 Å². The number of methoxy groups -OCH3 is 1. The lowest BCUT2D eigenvalue weighted by atomic mass is 9.81. The molecule has 16 heteroatoms. The molecule has 0 atom stereocenters. The third-order valence-corrected chi connectivity index (χ3v) is 10.4. The van der Waals surface area contributed by atoms with Crippen LogP contribution in [0.1, 0.15) is 37.6 Å². The number of carbonyl (C=O) groups is 1. The highest BCUT2D eigenvalue weighted by atomic mass is 32.2. The van der Waals surface area contributed by atoms with Crippen molar-refractivity contribution < 1.29 is 31.1 Å². The van der Waals surface area contributed by atoms with E-state index in [0.29, 0.717) is 74.4 Å². The van der Waals surface area contributed by atoms with Crippen molar-refractivity contribution in [3.05, 3.63) is 23.5 Å². The van der Waals surface area contributed by atoms with Crippen LogP contribution in [0.25, 0.3) is 16.3 Å². The summed E-state index contributed by atoms with van der Waals surface area (Å²) in [4.78, 5) is 21.0. The number of anilines is 1. The van der Waals surface area contributed by atoms with Crippen molar-refractivity contribution in [2.75, 3.05) is 38.2 Å². The van der Waals surface area contributed by atoms with E-state index in [4.69, 9.17) is 4.74 Å². The van der Waals surface area contributed by atoms with Crippen molar-refractivity contribution >= 4 is 38.5 Å². The number of amides is 1. The number of hydrogen-bond acceptors (Lipinski definition) is 9. The molecule has 2 saturated carbocycles. The van der Waals surface area contributed by atoms with Crippen molar-refractivity contribution in [3.63, 3.8) is 0 Å². The zero-order chi connectivity index (χ0) is 28.4. The van der Waals surface area contributed by atoms with Crippen molar-refractivity contribution in [2.24, 2.45) is 5.92 Å². The zero-order valence-corrected chi connectivity index (χ0v) is 23.4. The number of aromatic nitrogens is 4. The Morgan fingerprint density at radius 3 is 2.48 bits per heavy atom. The summed E-state index contributed by atoms with van der Waals surface area (Å²) in [5.74, 6) is 0.113. The molecule has 0 spiro atoms. The van der Waals surface area contributed by atoms with Crippen LogP contribution in [0.5, 0.6) is 0 Å². The number of pyridine rings is 1. The monoisotopic (exact) mass is 599 g/mol. The minimum Gasteiger partial charge on any atom is -0.381 e. The minimum atomic E-state index is -4.66. The van der Waals surface area contributed by atoms with Gasteiger partial charge in [0.1, 0.15) is 4.90 Å². The molecule has 1 saturated heterocycles. The van der Waals surface area contributed by atoms with Gasteiger partial charge in [-0.2, -0.15) is 13.2 Å². The van der Waals surface area contributed by atoms with E-state index in [2.05, 4.69) is 19.9 Å². The molecule has 3 aromatic rings. The molecule has 1 N–H and O–H groups in total. The number of carbonyl (C=O) groups excluding carboxylic acids is 1. The number of sulfonamides is 1. The molecule has 3 aromatic heterocycles. The largest absolute Gasteiger partial charge is 0.445 e. The number of piperazine rings is 1. The normalized spacial score (nSPS) is 22.9. The first-order valence-electron chi connectivity index (χ1n) is 12.9. The number of nitrogens with zero attached hydrogens (tertiary/aromatic N) is 6. The Kier molecular flexibility index (Phi) is 6.59. The van der Waals surface area contributed by atoms with Gasteiger partial charge in [-0.15, -0.1) is 10.2 Å². The van der Waals surface area contributed by atoms with Gasteiger partial charge in [0, 0.05) is 50.9 Å². The highest BCUT2D eigenvalue weighted by molar-refractivity contribution is 7.89. The molecule has 3 fully saturated rings. The third-order valence-electron chi connectivity index (χ3n) is 7.85. The Balaban J connectivity index is 1.33. The van der Waals surface area contributed by atoms with Crippen molar-refractivity contribution in [3.8, 4) is 10.8 Å². The molecule has 0 bridgehead atoms. The topological polar surface area (TPSA) is 122 Å². The summed E-state index contributed by atoms with van der Waals surface area (Å²) in [6.07, 6.45) is 1.15. The van der Waals surface area contributed by atoms with Crippen LogP contribution in [-0.4, -0.2) is 83.7 Å². The van der Waals surface area contributed by atoms with Crippen LogP contribution < -0.4 is 9.62 Å². The number of ether oxygens (including phenoxy) is 1. The lowest BCUT2D eigenvalue weighted by Crippen LogP contribution is -2.52. The molecular formula is C24H28F3N7O4S2. The summed E-state index contributed by atoms with van der Waals surface area (Å²) < 4.78 is 75.8. The lowest BCUT2D eigenvalue weighted by Gasteiger charge is -2.41. The summed E-state index contributed by atoms with van der Waals surface area (Å²) in [7, 11) is -2.32. The second-order valence-corrected chi connectivity index (χ2v) is 13.5. The average Bonchev–Trinajstić information content (AvgIpc) is 3.25. The molecule has 4 heterocycles. The van der Waals surface area contributed by atoms with E-state index in [9.17, 15) is 26.4 Å². The average molecular weight is 600 g/mol. The fraction of sp³-hybridized carbons (Fsp3) is 0.583. The van der Waals surface area contributed by atoms with Gasteiger partial charge in [-0.3, -0.25) is 9.20 Å². The predicted molar refractivity (Wildman–Crippen MR) is 139 cm³/mol. The molecule has 1 amide bonds. The van der Waals surface area contributed by atoms with E-state index >= 15 is 0 Å². The number of hydrogen-bond donors (Lipinski definition) is 1. The van der Waals surface area contributed by atoms with Crippen LogP contribution in [0, 0.1) is 5.92 Å². The standard InChI is InChI=1S/C24H28F3N7O4S2/c1-23(3-4-23)31-40(36,37)16-11-17(32-5-7-33(8-6-32)21(35)14-9-15(10-14)38-2)18-12-28-19(34(18)13-16)20-29-30-22(39-20)24(25,26)27/h11-15,31H,3-10H2,1-2H3. The number of imidazole rings is 1.